The quantitative estimate of drug-likeness (QED) is 0.152. The average molecular weight is 720 g/mol. The van der Waals surface area contributed by atoms with Gasteiger partial charge in [0.05, 0.1) is 31.6 Å². The summed E-state index contributed by atoms with van der Waals surface area (Å²) in [6.07, 6.45) is 4.24. The largest absolute Gasteiger partial charge is 0.497 e. The number of benzene rings is 3. The first-order valence-electron chi connectivity index (χ1n) is 17.2. The zero-order chi connectivity index (χ0) is 36.2. The molecular weight excluding hydrogens is 679 g/mol. The van der Waals surface area contributed by atoms with E-state index in [2.05, 4.69) is 58.0 Å². The number of hydrogen-bond acceptors (Lipinski definition) is 11. The monoisotopic (exact) mass is 719 g/mol. The van der Waals surface area contributed by atoms with Crippen LogP contribution in [0.15, 0.2) is 79.1 Å². The highest BCUT2D eigenvalue weighted by molar-refractivity contribution is 7.90. The standard InChI is InChI=1S/C40H41N5O6S/c1-26(2)31-13-14-34(45-22-28(23-45)25-52(4,46)47)33-21-42-38(20-32(31)33)44-37-16-17-41-36(43-37)15-10-29-6-5-7-35(39(29)40-49-18-19-50-40)51-24-27-8-11-30(48-3)12-9-27/h5-9,11-14,16-17,20-21,26,28,40H,18-19,22-25H2,1-4H3,(H,41,42,43,44). The Labute approximate surface area is 304 Å². The summed E-state index contributed by atoms with van der Waals surface area (Å²) in [5.41, 5.74) is 4.67. The summed E-state index contributed by atoms with van der Waals surface area (Å²) < 4.78 is 46.9. The molecular formula is C40H41N5O6S. The van der Waals surface area contributed by atoms with E-state index in [4.69, 9.17) is 23.9 Å². The highest BCUT2D eigenvalue weighted by Crippen LogP contribution is 2.38. The summed E-state index contributed by atoms with van der Waals surface area (Å²) in [6.45, 7) is 7.06. The normalized spacial score (nSPS) is 15.0. The van der Waals surface area contributed by atoms with Gasteiger partial charge in [-0.25, -0.2) is 23.4 Å². The molecule has 4 heterocycles. The Hall–Kier alpha value is -5.22. The van der Waals surface area contributed by atoms with Crippen molar-refractivity contribution in [3.8, 4) is 23.3 Å². The van der Waals surface area contributed by atoms with Crippen molar-refractivity contribution >= 4 is 37.9 Å². The number of nitrogens with one attached hydrogen (secondary N) is 1. The third kappa shape index (κ3) is 8.12. The number of ether oxygens (including phenoxy) is 4. The van der Waals surface area contributed by atoms with Crippen LogP contribution in [0.25, 0.3) is 10.8 Å². The van der Waals surface area contributed by atoms with E-state index in [9.17, 15) is 8.42 Å². The van der Waals surface area contributed by atoms with Crippen LogP contribution in [0.5, 0.6) is 11.5 Å². The molecule has 0 spiro atoms. The minimum atomic E-state index is -3.01. The van der Waals surface area contributed by atoms with Crippen LogP contribution in [-0.2, 0) is 25.9 Å². The first-order valence-corrected chi connectivity index (χ1v) is 19.3. The molecule has 2 aliphatic heterocycles. The van der Waals surface area contributed by atoms with Gasteiger partial charge < -0.3 is 29.2 Å². The van der Waals surface area contributed by atoms with Gasteiger partial charge >= 0.3 is 0 Å². The molecule has 5 aromatic rings. The lowest BCUT2D eigenvalue weighted by atomic mass is 9.93. The van der Waals surface area contributed by atoms with Gasteiger partial charge in [-0.1, -0.05) is 44.0 Å². The van der Waals surface area contributed by atoms with Crippen LogP contribution < -0.4 is 19.7 Å². The van der Waals surface area contributed by atoms with Gasteiger partial charge in [0.25, 0.3) is 0 Å². The van der Waals surface area contributed by atoms with E-state index in [0.717, 1.165) is 33.3 Å². The van der Waals surface area contributed by atoms with E-state index < -0.39 is 16.1 Å². The second kappa shape index (κ2) is 15.2. The number of pyridine rings is 1. The van der Waals surface area contributed by atoms with Crippen molar-refractivity contribution in [3.63, 3.8) is 0 Å². The molecule has 0 saturated carbocycles. The molecule has 0 unspecified atom stereocenters. The van der Waals surface area contributed by atoms with Crippen LogP contribution in [0.3, 0.4) is 0 Å². The number of nitrogens with zero attached hydrogens (tertiary/aromatic N) is 4. The first-order chi connectivity index (χ1) is 25.1. The lowest BCUT2D eigenvalue weighted by Gasteiger charge is -2.41. The van der Waals surface area contributed by atoms with E-state index >= 15 is 0 Å². The molecule has 0 bridgehead atoms. The van der Waals surface area contributed by atoms with Crippen LogP contribution >= 0.6 is 0 Å². The summed E-state index contributed by atoms with van der Waals surface area (Å²) >= 11 is 0. The van der Waals surface area contributed by atoms with E-state index in [1.807, 2.05) is 54.7 Å². The van der Waals surface area contributed by atoms with Crippen molar-refractivity contribution in [2.24, 2.45) is 5.92 Å². The highest BCUT2D eigenvalue weighted by atomic mass is 32.2. The zero-order valence-corrected chi connectivity index (χ0v) is 30.4. The smallest absolute Gasteiger partial charge is 0.207 e. The van der Waals surface area contributed by atoms with Crippen molar-refractivity contribution in [1.29, 1.82) is 0 Å². The van der Waals surface area contributed by atoms with Crippen LogP contribution in [0.2, 0.25) is 0 Å². The average Bonchev–Trinajstić information content (AvgIpc) is 3.65. The fourth-order valence-corrected chi connectivity index (χ4v) is 7.63. The van der Waals surface area contributed by atoms with Gasteiger partial charge in [-0.05, 0) is 70.8 Å². The molecule has 2 fully saturated rings. The molecule has 2 saturated heterocycles. The number of hydrogen-bond donors (Lipinski definition) is 1. The molecule has 0 atom stereocenters. The Balaban J connectivity index is 1.11. The van der Waals surface area contributed by atoms with Gasteiger partial charge in [-0.15, -0.1) is 0 Å². The summed E-state index contributed by atoms with van der Waals surface area (Å²) in [5, 5.41) is 5.46. The van der Waals surface area contributed by atoms with Gasteiger partial charge in [-0.2, -0.15) is 0 Å². The number of fused-ring (bicyclic) bond motifs is 1. The van der Waals surface area contributed by atoms with Crippen molar-refractivity contribution < 1.29 is 27.4 Å². The van der Waals surface area contributed by atoms with Gasteiger partial charge in [0.2, 0.25) is 5.82 Å². The molecule has 0 amide bonds. The molecule has 2 aliphatic rings. The van der Waals surface area contributed by atoms with Crippen LogP contribution in [-0.4, -0.2) is 68.8 Å². The summed E-state index contributed by atoms with van der Waals surface area (Å²) in [5.74, 6) is 9.91. The van der Waals surface area contributed by atoms with Crippen molar-refractivity contribution in [1.82, 2.24) is 15.0 Å². The Morgan fingerprint density at radius 2 is 1.75 bits per heavy atom. The van der Waals surface area contributed by atoms with Crippen molar-refractivity contribution in [3.05, 3.63) is 107 Å². The Bertz CT molecular complexity index is 2240. The Morgan fingerprint density at radius 3 is 2.48 bits per heavy atom. The van der Waals surface area contributed by atoms with Crippen LogP contribution in [0.4, 0.5) is 17.3 Å². The minimum Gasteiger partial charge on any atom is -0.497 e. The van der Waals surface area contributed by atoms with Gasteiger partial charge in [0, 0.05) is 54.3 Å². The topological polar surface area (TPSA) is 125 Å². The number of aromatic nitrogens is 3. The third-order valence-electron chi connectivity index (χ3n) is 9.07. The SMILES string of the molecule is COc1ccc(COc2cccc(C#Cc3nccc(Nc4cc5c(C(C)C)ccc(N6CC(CS(C)(=O)=O)C6)c5cn4)n3)c2C2OCCO2)cc1. The fraction of sp³-hybridized carbons (Fsp3) is 0.325. The van der Waals surface area contributed by atoms with E-state index in [-0.39, 0.29) is 11.7 Å². The van der Waals surface area contributed by atoms with Crippen molar-refractivity contribution in [2.75, 3.05) is 55.6 Å². The summed E-state index contributed by atoms with van der Waals surface area (Å²) in [6, 6.07) is 21.5. The number of methoxy groups -OCH3 is 1. The molecule has 12 heteroatoms. The minimum absolute atomic E-state index is 0.136. The second-order valence-electron chi connectivity index (χ2n) is 13.4. The van der Waals surface area contributed by atoms with E-state index in [1.165, 1.54) is 11.8 Å². The third-order valence-corrected chi connectivity index (χ3v) is 10.1. The molecule has 0 aliphatic carbocycles. The number of anilines is 3. The summed E-state index contributed by atoms with van der Waals surface area (Å²) in [7, 11) is -1.37. The molecule has 0 radical (unpaired) electrons. The maximum Gasteiger partial charge on any atom is 0.207 e. The fourth-order valence-electron chi connectivity index (χ4n) is 6.57. The second-order valence-corrected chi connectivity index (χ2v) is 15.6. The maximum atomic E-state index is 11.8. The zero-order valence-electron chi connectivity index (χ0n) is 29.6. The van der Waals surface area contributed by atoms with Gasteiger partial charge in [0.1, 0.15) is 39.6 Å². The van der Waals surface area contributed by atoms with Crippen molar-refractivity contribution in [2.45, 2.75) is 32.7 Å². The first kappa shape index (κ1) is 35.2. The van der Waals surface area contributed by atoms with Crippen LogP contribution in [0.1, 0.15) is 54.1 Å². The number of rotatable bonds is 11. The predicted molar refractivity (Wildman–Crippen MR) is 201 cm³/mol. The highest BCUT2D eigenvalue weighted by Gasteiger charge is 2.31. The van der Waals surface area contributed by atoms with E-state index in [1.54, 1.807) is 19.4 Å². The molecule has 7 rings (SSSR count). The molecule has 2 aromatic heterocycles. The maximum absolute atomic E-state index is 11.8. The summed E-state index contributed by atoms with van der Waals surface area (Å²) in [4.78, 5) is 16.0. The molecule has 268 valence electrons. The molecule has 11 nitrogen and oxygen atoms in total. The number of sulfone groups is 1. The van der Waals surface area contributed by atoms with Gasteiger partial charge in [-0.3, -0.25) is 0 Å². The Morgan fingerprint density at radius 1 is 0.962 bits per heavy atom. The molecule has 3 aromatic carbocycles. The Kier molecular flexibility index (Phi) is 10.3. The molecule has 52 heavy (non-hydrogen) atoms. The van der Waals surface area contributed by atoms with E-state index in [0.29, 0.717) is 67.6 Å². The van der Waals surface area contributed by atoms with Gasteiger partial charge in [0.15, 0.2) is 6.29 Å². The lowest BCUT2D eigenvalue weighted by Crippen LogP contribution is -2.49. The predicted octanol–water partition coefficient (Wildman–Crippen LogP) is 6.41. The molecule has 1 N–H and O–H groups in total. The van der Waals surface area contributed by atoms with Crippen LogP contribution in [0, 0.1) is 17.8 Å². The lowest BCUT2D eigenvalue weighted by molar-refractivity contribution is -0.0460.